The van der Waals surface area contributed by atoms with Gasteiger partial charge >= 0.3 is 0 Å². The maximum atomic E-state index is 11.7. The largest absolute Gasteiger partial charge is 0.481 e. The van der Waals surface area contributed by atoms with Gasteiger partial charge in [-0.1, -0.05) is 12.1 Å². The smallest absolute Gasteiger partial charge is 0.260 e. The molecule has 0 saturated heterocycles. The van der Waals surface area contributed by atoms with Gasteiger partial charge in [-0.2, -0.15) is 0 Å². The van der Waals surface area contributed by atoms with Crippen LogP contribution >= 0.6 is 0 Å². The Labute approximate surface area is 103 Å². The van der Waals surface area contributed by atoms with Gasteiger partial charge in [0.1, 0.15) is 5.75 Å². The SMILES string of the molecule is Cc1cccc(O[C@@H](C)C(=O)NC(C)C)c1C. The normalized spacial score (nSPS) is 12.4. The average Bonchev–Trinajstić information content (AvgIpc) is 2.23. The van der Waals surface area contributed by atoms with Crippen LogP contribution in [0.25, 0.3) is 0 Å². The van der Waals surface area contributed by atoms with Gasteiger partial charge in [-0.05, 0) is 51.8 Å². The van der Waals surface area contributed by atoms with Crippen molar-refractivity contribution in [1.29, 1.82) is 0 Å². The van der Waals surface area contributed by atoms with E-state index < -0.39 is 6.10 Å². The number of hydrogen-bond donors (Lipinski definition) is 1. The van der Waals surface area contributed by atoms with E-state index >= 15 is 0 Å². The first-order valence-electron chi connectivity index (χ1n) is 5.95. The first-order chi connectivity index (χ1) is 7.91. The maximum absolute atomic E-state index is 11.7. The molecule has 1 amide bonds. The summed E-state index contributed by atoms with van der Waals surface area (Å²) in [5, 5.41) is 2.83. The highest BCUT2D eigenvalue weighted by Crippen LogP contribution is 2.21. The van der Waals surface area contributed by atoms with Gasteiger partial charge in [0, 0.05) is 6.04 Å². The predicted octanol–water partition coefficient (Wildman–Crippen LogP) is 2.60. The molecule has 0 saturated carbocycles. The van der Waals surface area contributed by atoms with Crippen molar-refractivity contribution in [3.8, 4) is 5.75 Å². The summed E-state index contributed by atoms with van der Waals surface area (Å²) < 4.78 is 5.68. The Bertz CT molecular complexity index is 399. The lowest BCUT2D eigenvalue weighted by molar-refractivity contribution is -0.127. The molecular formula is C14H21NO2. The van der Waals surface area contributed by atoms with Gasteiger partial charge in [0.2, 0.25) is 0 Å². The minimum Gasteiger partial charge on any atom is -0.481 e. The molecule has 1 atom stereocenters. The van der Waals surface area contributed by atoms with Crippen molar-refractivity contribution in [3.05, 3.63) is 29.3 Å². The molecule has 1 rings (SSSR count). The third-order valence-corrected chi connectivity index (χ3v) is 2.66. The minimum absolute atomic E-state index is 0.0825. The van der Waals surface area contributed by atoms with E-state index in [4.69, 9.17) is 4.74 Å². The highest BCUT2D eigenvalue weighted by Gasteiger charge is 2.16. The van der Waals surface area contributed by atoms with E-state index in [1.54, 1.807) is 6.92 Å². The zero-order chi connectivity index (χ0) is 13.0. The molecule has 0 fully saturated rings. The van der Waals surface area contributed by atoms with Crippen LogP contribution in [0.4, 0.5) is 0 Å². The molecule has 3 heteroatoms. The Morgan fingerprint density at radius 1 is 1.24 bits per heavy atom. The molecule has 17 heavy (non-hydrogen) atoms. The standard InChI is InChI=1S/C14H21NO2/c1-9(2)15-14(16)12(5)17-13-8-6-7-10(3)11(13)4/h6-9,12H,1-5H3,(H,15,16)/t12-/m0/s1. The Hall–Kier alpha value is -1.51. The topological polar surface area (TPSA) is 38.3 Å². The van der Waals surface area contributed by atoms with Gasteiger partial charge in [-0.3, -0.25) is 4.79 Å². The second-order valence-corrected chi connectivity index (χ2v) is 4.62. The molecule has 94 valence electrons. The second-order valence-electron chi connectivity index (χ2n) is 4.62. The molecule has 0 heterocycles. The highest BCUT2D eigenvalue weighted by molar-refractivity contribution is 5.80. The van der Waals surface area contributed by atoms with Gasteiger partial charge in [0.25, 0.3) is 5.91 Å². The zero-order valence-corrected chi connectivity index (χ0v) is 11.2. The predicted molar refractivity (Wildman–Crippen MR) is 69.3 cm³/mol. The summed E-state index contributed by atoms with van der Waals surface area (Å²) in [5.41, 5.74) is 2.25. The first-order valence-corrected chi connectivity index (χ1v) is 5.95. The molecule has 0 radical (unpaired) electrons. The number of ether oxygens (including phenoxy) is 1. The van der Waals surface area contributed by atoms with Crippen molar-refractivity contribution < 1.29 is 9.53 Å². The van der Waals surface area contributed by atoms with Gasteiger partial charge in [-0.25, -0.2) is 0 Å². The number of aryl methyl sites for hydroxylation is 1. The Kier molecular flexibility index (Phi) is 4.55. The van der Waals surface area contributed by atoms with Gasteiger partial charge in [0.05, 0.1) is 0 Å². The lowest BCUT2D eigenvalue weighted by Gasteiger charge is -2.18. The van der Waals surface area contributed by atoms with Crippen LogP contribution in [0.3, 0.4) is 0 Å². The van der Waals surface area contributed by atoms with Crippen molar-refractivity contribution in [2.24, 2.45) is 0 Å². The van der Waals surface area contributed by atoms with Crippen LogP contribution in [-0.2, 0) is 4.79 Å². The fraction of sp³-hybridized carbons (Fsp3) is 0.500. The molecule has 3 nitrogen and oxygen atoms in total. The summed E-state index contributed by atoms with van der Waals surface area (Å²) in [5.74, 6) is 0.692. The second kappa shape index (κ2) is 5.71. The lowest BCUT2D eigenvalue weighted by atomic mass is 10.1. The fourth-order valence-electron chi connectivity index (χ4n) is 1.50. The van der Waals surface area contributed by atoms with Gasteiger partial charge in [0.15, 0.2) is 6.10 Å². The molecule has 0 bridgehead atoms. The first kappa shape index (κ1) is 13.6. The van der Waals surface area contributed by atoms with E-state index in [1.807, 2.05) is 45.9 Å². The molecule has 0 aromatic heterocycles. The summed E-state index contributed by atoms with van der Waals surface area (Å²) in [6.07, 6.45) is -0.474. The summed E-state index contributed by atoms with van der Waals surface area (Å²) in [6, 6.07) is 5.99. The quantitative estimate of drug-likeness (QED) is 0.871. The third-order valence-electron chi connectivity index (χ3n) is 2.66. The van der Waals surface area contributed by atoms with E-state index in [0.29, 0.717) is 0 Å². The minimum atomic E-state index is -0.474. The Morgan fingerprint density at radius 2 is 1.88 bits per heavy atom. The number of nitrogens with one attached hydrogen (secondary N) is 1. The van der Waals surface area contributed by atoms with E-state index in [2.05, 4.69) is 5.32 Å². The van der Waals surface area contributed by atoms with Crippen LogP contribution in [0.5, 0.6) is 5.75 Å². The Morgan fingerprint density at radius 3 is 2.47 bits per heavy atom. The molecule has 1 N–H and O–H groups in total. The molecule has 1 aromatic rings. The zero-order valence-electron chi connectivity index (χ0n) is 11.2. The number of rotatable bonds is 4. The number of carbonyl (C=O) groups excluding carboxylic acids is 1. The van der Waals surface area contributed by atoms with E-state index in [1.165, 1.54) is 5.56 Å². The Balaban J connectivity index is 2.71. The number of amides is 1. The molecule has 1 aromatic carbocycles. The van der Waals surface area contributed by atoms with Crippen LogP contribution in [-0.4, -0.2) is 18.1 Å². The van der Waals surface area contributed by atoms with E-state index in [0.717, 1.165) is 11.3 Å². The highest BCUT2D eigenvalue weighted by atomic mass is 16.5. The van der Waals surface area contributed by atoms with Crippen molar-refractivity contribution >= 4 is 5.91 Å². The van der Waals surface area contributed by atoms with Crippen molar-refractivity contribution in [1.82, 2.24) is 5.32 Å². The average molecular weight is 235 g/mol. The summed E-state index contributed by atoms with van der Waals surface area (Å²) in [4.78, 5) is 11.7. The summed E-state index contributed by atoms with van der Waals surface area (Å²) in [6.45, 7) is 9.66. The van der Waals surface area contributed by atoms with Crippen LogP contribution in [0, 0.1) is 13.8 Å². The van der Waals surface area contributed by atoms with Gasteiger partial charge < -0.3 is 10.1 Å². The third kappa shape index (κ3) is 3.77. The number of benzene rings is 1. The van der Waals surface area contributed by atoms with Crippen molar-refractivity contribution in [2.75, 3.05) is 0 Å². The maximum Gasteiger partial charge on any atom is 0.260 e. The monoisotopic (exact) mass is 235 g/mol. The van der Waals surface area contributed by atoms with E-state index in [9.17, 15) is 4.79 Å². The molecule has 0 spiro atoms. The van der Waals surface area contributed by atoms with Gasteiger partial charge in [-0.15, -0.1) is 0 Å². The van der Waals surface area contributed by atoms with Crippen molar-refractivity contribution in [3.63, 3.8) is 0 Å². The fourth-order valence-corrected chi connectivity index (χ4v) is 1.50. The van der Waals surface area contributed by atoms with Crippen LogP contribution in [0.1, 0.15) is 31.9 Å². The molecule has 0 aliphatic carbocycles. The molecule has 0 aliphatic rings. The van der Waals surface area contributed by atoms with Crippen LogP contribution < -0.4 is 10.1 Å². The summed E-state index contributed by atoms with van der Waals surface area (Å²) in [7, 11) is 0. The molecule has 0 unspecified atom stereocenters. The van der Waals surface area contributed by atoms with Crippen LogP contribution in [0.15, 0.2) is 18.2 Å². The molecule has 0 aliphatic heterocycles. The summed E-state index contributed by atoms with van der Waals surface area (Å²) >= 11 is 0. The van der Waals surface area contributed by atoms with Crippen molar-refractivity contribution in [2.45, 2.75) is 46.8 Å². The van der Waals surface area contributed by atoms with E-state index in [-0.39, 0.29) is 11.9 Å². The lowest BCUT2D eigenvalue weighted by Crippen LogP contribution is -2.40. The molecular weight excluding hydrogens is 214 g/mol. The number of hydrogen-bond acceptors (Lipinski definition) is 2. The van der Waals surface area contributed by atoms with Crippen LogP contribution in [0.2, 0.25) is 0 Å². The number of carbonyl (C=O) groups is 1.